The zero-order chi connectivity index (χ0) is 18.0. The predicted octanol–water partition coefficient (Wildman–Crippen LogP) is 2.69. The molecule has 134 valence electrons. The smallest absolute Gasteiger partial charge is 0.387 e. The van der Waals surface area contributed by atoms with Crippen LogP contribution in [0.1, 0.15) is 11.1 Å². The van der Waals surface area contributed by atoms with Crippen molar-refractivity contribution in [1.82, 2.24) is 4.98 Å². The van der Waals surface area contributed by atoms with E-state index in [0.717, 1.165) is 17.5 Å². The highest BCUT2D eigenvalue weighted by atomic mass is 32.2. The van der Waals surface area contributed by atoms with Crippen molar-refractivity contribution in [3.05, 3.63) is 47.7 Å². The van der Waals surface area contributed by atoms with Gasteiger partial charge in [-0.15, -0.1) is 0 Å². The lowest BCUT2D eigenvalue weighted by Gasteiger charge is -2.21. The average molecular weight is 368 g/mol. The molecule has 0 amide bonds. The Labute approximate surface area is 145 Å². The molecule has 2 aromatic rings. The Kier molecular flexibility index (Phi) is 4.89. The first kappa shape index (κ1) is 17.6. The summed E-state index contributed by atoms with van der Waals surface area (Å²) >= 11 is 0. The van der Waals surface area contributed by atoms with Crippen LogP contribution in [-0.4, -0.2) is 39.4 Å². The predicted molar refractivity (Wildman–Crippen MR) is 90.0 cm³/mol. The fraction of sp³-hybridized carbons (Fsp3) is 0.353. The highest BCUT2D eigenvalue weighted by molar-refractivity contribution is 7.90. The summed E-state index contributed by atoms with van der Waals surface area (Å²) in [6.45, 7) is -1.49. The molecule has 0 N–H and O–H groups in total. The molecule has 2 heterocycles. The van der Waals surface area contributed by atoms with E-state index in [-0.39, 0.29) is 5.75 Å². The Morgan fingerprint density at radius 1 is 1.12 bits per heavy atom. The molecule has 1 aromatic heterocycles. The molecule has 0 unspecified atom stereocenters. The summed E-state index contributed by atoms with van der Waals surface area (Å²) < 4.78 is 52.1. The van der Waals surface area contributed by atoms with Crippen molar-refractivity contribution in [1.29, 1.82) is 0 Å². The topological polar surface area (TPSA) is 59.5 Å². The van der Waals surface area contributed by atoms with Crippen LogP contribution in [0.3, 0.4) is 0 Å². The molecule has 1 aliphatic rings. The van der Waals surface area contributed by atoms with Crippen LogP contribution in [0.15, 0.2) is 41.4 Å². The van der Waals surface area contributed by atoms with Gasteiger partial charge in [-0.2, -0.15) is 8.78 Å². The summed E-state index contributed by atoms with van der Waals surface area (Å²) in [7, 11) is -3.23. The highest BCUT2D eigenvalue weighted by Crippen LogP contribution is 2.24. The Balaban J connectivity index is 1.75. The van der Waals surface area contributed by atoms with Crippen LogP contribution < -0.4 is 9.64 Å². The van der Waals surface area contributed by atoms with Gasteiger partial charge in [0.05, 0.1) is 11.1 Å². The number of hydrogen-bond acceptors (Lipinski definition) is 5. The average Bonchev–Trinajstić information content (AvgIpc) is 2.76. The van der Waals surface area contributed by atoms with Crippen LogP contribution in [0, 0.1) is 0 Å². The number of benzene rings is 1. The van der Waals surface area contributed by atoms with Crippen LogP contribution >= 0.6 is 0 Å². The first-order chi connectivity index (χ1) is 11.8. The first-order valence-electron chi connectivity index (χ1n) is 7.80. The third kappa shape index (κ3) is 4.25. The van der Waals surface area contributed by atoms with Gasteiger partial charge >= 0.3 is 6.61 Å². The summed E-state index contributed by atoms with van der Waals surface area (Å²) in [5, 5.41) is 0. The maximum absolute atomic E-state index is 12.2. The van der Waals surface area contributed by atoms with Gasteiger partial charge in [-0.3, -0.25) is 0 Å². The van der Waals surface area contributed by atoms with Crippen molar-refractivity contribution in [2.75, 3.05) is 24.2 Å². The monoisotopic (exact) mass is 368 g/mol. The number of halogens is 2. The maximum Gasteiger partial charge on any atom is 0.387 e. The summed E-state index contributed by atoms with van der Waals surface area (Å²) in [5.74, 6) is 0.701. The summed E-state index contributed by atoms with van der Waals surface area (Å²) in [6, 6.07) is 8.35. The van der Waals surface area contributed by atoms with Crippen LogP contribution in [0.4, 0.5) is 14.6 Å². The van der Waals surface area contributed by atoms with E-state index >= 15 is 0 Å². The van der Waals surface area contributed by atoms with Gasteiger partial charge in [-0.25, -0.2) is 13.4 Å². The fourth-order valence-electron chi connectivity index (χ4n) is 2.89. The van der Waals surface area contributed by atoms with E-state index in [1.165, 1.54) is 18.5 Å². The van der Waals surface area contributed by atoms with Gasteiger partial charge in [-0.05, 0) is 48.2 Å². The molecule has 25 heavy (non-hydrogen) atoms. The van der Waals surface area contributed by atoms with E-state index in [9.17, 15) is 17.2 Å². The first-order valence-corrected chi connectivity index (χ1v) is 9.70. The molecule has 0 atom stereocenters. The summed E-state index contributed by atoms with van der Waals surface area (Å²) in [5.41, 5.74) is 2.13. The van der Waals surface area contributed by atoms with Crippen molar-refractivity contribution < 1.29 is 21.9 Å². The SMILES string of the molecule is CS(=O)(=O)c1ccc2c(c1)CCN(c1ccc(OC(F)F)cn1)CC2. The van der Waals surface area contributed by atoms with Gasteiger partial charge in [0.1, 0.15) is 11.6 Å². The Morgan fingerprint density at radius 2 is 1.84 bits per heavy atom. The molecular formula is C17H18F2N2O3S. The molecule has 1 aliphatic heterocycles. The third-order valence-corrected chi connectivity index (χ3v) is 5.29. The molecule has 5 nitrogen and oxygen atoms in total. The van der Waals surface area contributed by atoms with E-state index in [1.807, 2.05) is 11.0 Å². The molecule has 0 spiro atoms. The van der Waals surface area contributed by atoms with Gasteiger partial charge in [-0.1, -0.05) is 6.07 Å². The second-order valence-corrected chi connectivity index (χ2v) is 7.94. The van der Waals surface area contributed by atoms with Crippen LogP contribution in [0.5, 0.6) is 5.75 Å². The number of alkyl halides is 2. The molecule has 0 radical (unpaired) electrons. The number of hydrogen-bond donors (Lipinski definition) is 0. The fourth-order valence-corrected chi connectivity index (χ4v) is 3.56. The van der Waals surface area contributed by atoms with Gasteiger partial charge in [0.15, 0.2) is 9.84 Å². The normalized spacial score (nSPS) is 15.0. The molecule has 0 saturated carbocycles. The minimum atomic E-state index is -3.23. The minimum Gasteiger partial charge on any atom is -0.433 e. The minimum absolute atomic E-state index is 0.0228. The van der Waals surface area contributed by atoms with Crippen molar-refractivity contribution in [3.63, 3.8) is 0 Å². The molecule has 0 bridgehead atoms. The summed E-state index contributed by atoms with van der Waals surface area (Å²) in [4.78, 5) is 6.56. The zero-order valence-corrected chi connectivity index (χ0v) is 14.5. The van der Waals surface area contributed by atoms with Crippen LogP contribution in [0.2, 0.25) is 0 Å². The lowest BCUT2D eigenvalue weighted by molar-refractivity contribution is -0.0500. The van der Waals surface area contributed by atoms with Gasteiger partial charge in [0.2, 0.25) is 0 Å². The number of pyridine rings is 1. The van der Waals surface area contributed by atoms with Gasteiger partial charge < -0.3 is 9.64 Å². The maximum atomic E-state index is 12.2. The number of nitrogens with zero attached hydrogens (tertiary/aromatic N) is 2. The zero-order valence-electron chi connectivity index (χ0n) is 13.7. The van der Waals surface area contributed by atoms with E-state index in [4.69, 9.17) is 0 Å². The van der Waals surface area contributed by atoms with E-state index < -0.39 is 16.4 Å². The largest absolute Gasteiger partial charge is 0.433 e. The molecule has 1 aromatic carbocycles. The number of ether oxygens (including phenoxy) is 1. The molecule has 0 fully saturated rings. The van der Waals surface area contributed by atoms with Gasteiger partial charge in [0, 0.05) is 19.3 Å². The van der Waals surface area contributed by atoms with Crippen molar-refractivity contribution in [2.24, 2.45) is 0 Å². The van der Waals surface area contributed by atoms with E-state index in [2.05, 4.69) is 9.72 Å². The second kappa shape index (κ2) is 6.95. The standard InChI is InChI=1S/C17H18F2N2O3S/c1-25(22,23)15-4-2-12-6-8-21(9-7-13(12)10-15)16-5-3-14(11-20-16)24-17(18)19/h2-5,10-11,17H,6-9H2,1H3. The number of anilines is 1. The van der Waals surface area contributed by atoms with Crippen LogP contribution in [0.25, 0.3) is 0 Å². The highest BCUT2D eigenvalue weighted by Gasteiger charge is 2.18. The number of fused-ring (bicyclic) bond motifs is 1. The van der Waals surface area contributed by atoms with E-state index in [0.29, 0.717) is 30.2 Å². The van der Waals surface area contributed by atoms with Crippen molar-refractivity contribution in [3.8, 4) is 5.75 Å². The third-order valence-electron chi connectivity index (χ3n) is 4.18. The Morgan fingerprint density at radius 3 is 2.44 bits per heavy atom. The molecule has 8 heteroatoms. The molecule has 3 rings (SSSR count). The van der Waals surface area contributed by atoms with Crippen molar-refractivity contribution in [2.45, 2.75) is 24.3 Å². The quantitative estimate of drug-likeness (QED) is 0.830. The molecule has 0 saturated heterocycles. The Hall–Kier alpha value is -2.22. The van der Waals surface area contributed by atoms with Crippen LogP contribution in [-0.2, 0) is 22.7 Å². The van der Waals surface area contributed by atoms with E-state index in [1.54, 1.807) is 18.2 Å². The number of sulfone groups is 1. The lowest BCUT2D eigenvalue weighted by Crippen LogP contribution is -2.26. The summed E-state index contributed by atoms with van der Waals surface area (Å²) in [6.07, 6.45) is 3.93. The van der Waals surface area contributed by atoms with Crippen molar-refractivity contribution >= 4 is 15.7 Å². The molecule has 0 aliphatic carbocycles. The number of aromatic nitrogens is 1. The lowest BCUT2D eigenvalue weighted by atomic mass is 10.0. The van der Waals surface area contributed by atoms with Gasteiger partial charge in [0.25, 0.3) is 0 Å². The Bertz CT molecular complexity index is 855. The number of rotatable bonds is 4. The molecular weight excluding hydrogens is 350 g/mol. The second-order valence-electron chi connectivity index (χ2n) is 5.92.